The molecule has 0 bridgehead atoms. The van der Waals surface area contributed by atoms with Crippen molar-refractivity contribution in [2.75, 3.05) is 18.0 Å². The van der Waals surface area contributed by atoms with Gasteiger partial charge in [0.25, 0.3) is 23.6 Å². The number of nitrogens with zero attached hydrogens (tertiary/aromatic N) is 4. The standard InChI is InChI=1S/C25H22N6O11S2/c1-25(2,23(40)41)42-29-13(10-7-44-24(26)27-10)17(34)28-14-20(37)31-15(22(38)39)8(6-43-21(14)31)5-30-18(35)9-3-4-11(32)16(33)12(9)19(30)36/h3-4,7,14,21,32-33H,5-6H2,1-2H3,(H2,26,27)(H,28,34)(H,38,39)(H,40,41)/b29-13-/t14?,21-/m0/s1. The van der Waals surface area contributed by atoms with E-state index in [4.69, 9.17) is 10.6 Å². The Hall–Kier alpha value is -5.17. The highest BCUT2D eigenvalue weighted by atomic mass is 32.2. The van der Waals surface area contributed by atoms with Crippen molar-refractivity contribution < 1.29 is 54.0 Å². The molecule has 1 aromatic heterocycles. The van der Waals surface area contributed by atoms with Crippen LogP contribution in [0.2, 0.25) is 0 Å². The molecule has 2 atom stereocenters. The summed E-state index contributed by atoms with van der Waals surface area (Å²) in [6, 6.07) is 0.953. The topological polar surface area (TPSA) is 262 Å². The van der Waals surface area contributed by atoms with E-state index in [1.165, 1.54) is 19.2 Å². The Morgan fingerprint density at radius 2 is 1.89 bits per heavy atom. The molecule has 17 nitrogen and oxygen atoms in total. The molecule has 1 fully saturated rings. The minimum atomic E-state index is -1.83. The number of thioether (sulfide) groups is 1. The number of aromatic hydroxyl groups is 2. The molecule has 1 saturated heterocycles. The Morgan fingerprint density at radius 1 is 1.18 bits per heavy atom. The third-order valence-corrected chi connectivity index (χ3v) is 8.85. The number of carbonyl (C=O) groups is 6. The van der Waals surface area contributed by atoms with E-state index in [0.717, 1.165) is 40.1 Å². The number of oxime groups is 1. The number of hydrogen-bond donors (Lipinski definition) is 6. The van der Waals surface area contributed by atoms with Crippen LogP contribution in [0.5, 0.6) is 11.5 Å². The monoisotopic (exact) mass is 646 g/mol. The number of nitrogen functional groups attached to an aromatic ring is 1. The van der Waals surface area contributed by atoms with Crippen LogP contribution in [0.25, 0.3) is 0 Å². The molecule has 0 saturated carbocycles. The lowest BCUT2D eigenvalue weighted by Gasteiger charge is -2.49. The smallest absolute Gasteiger partial charge is 0.352 e. The van der Waals surface area contributed by atoms with E-state index >= 15 is 0 Å². The maximum Gasteiger partial charge on any atom is 0.352 e. The summed E-state index contributed by atoms with van der Waals surface area (Å²) < 4.78 is 0. The summed E-state index contributed by atoms with van der Waals surface area (Å²) in [5.74, 6) is -7.94. The Labute approximate surface area is 254 Å². The number of nitrogens with one attached hydrogen (secondary N) is 1. The zero-order valence-corrected chi connectivity index (χ0v) is 24.3. The first-order valence-corrected chi connectivity index (χ1v) is 14.4. The van der Waals surface area contributed by atoms with Crippen molar-refractivity contribution in [3.8, 4) is 11.5 Å². The Kier molecular flexibility index (Phi) is 7.46. The molecule has 1 unspecified atom stereocenters. The fourth-order valence-corrected chi connectivity index (χ4v) is 6.38. The minimum Gasteiger partial charge on any atom is -0.504 e. The number of phenols is 2. The van der Waals surface area contributed by atoms with E-state index in [-0.39, 0.29) is 27.7 Å². The normalized spacial score (nSPS) is 19.9. The number of nitrogens with two attached hydrogens (primary N) is 1. The molecule has 0 radical (unpaired) electrons. The maximum atomic E-state index is 13.2. The van der Waals surface area contributed by atoms with Crippen molar-refractivity contribution in [1.29, 1.82) is 0 Å². The van der Waals surface area contributed by atoms with Crippen LogP contribution in [-0.4, -0.2) is 106 Å². The van der Waals surface area contributed by atoms with Gasteiger partial charge in [-0.05, 0) is 31.6 Å². The third kappa shape index (κ3) is 4.94. The van der Waals surface area contributed by atoms with Crippen LogP contribution in [0.3, 0.4) is 0 Å². The van der Waals surface area contributed by atoms with Gasteiger partial charge < -0.3 is 36.3 Å². The van der Waals surface area contributed by atoms with Crippen LogP contribution in [0, 0.1) is 0 Å². The predicted octanol–water partition coefficient (Wildman–Crippen LogP) is -0.245. The van der Waals surface area contributed by atoms with Gasteiger partial charge in [-0.1, -0.05) is 5.16 Å². The number of phenolic OH excluding ortho intramolecular Hbond substituents is 2. The van der Waals surface area contributed by atoms with Gasteiger partial charge in [0.1, 0.15) is 22.8 Å². The van der Waals surface area contributed by atoms with E-state index in [0.29, 0.717) is 4.90 Å². The molecule has 1 aromatic carbocycles. The first-order chi connectivity index (χ1) is 20.6. The highest BCUT2D eigenvalue weighted by Crippen LogP contribution is 2.42. The van der Waals surface area contributed by atoms with Gasteiger partial charge in [-0.15, -0.1) is 23.1 Å². The summed E-state index contributed by atoms with van der Waals surface area (Å²) in [5.41, 5.74) is 2.25. The van der Waals surface area contributed by atoms with Crippen molar-refractivity contribution in [3.05, 3.63) is 45.6 Å². The molecule has 230 valence electrons. The molecule has 19 heteroatoms. The number of hydrogen-bond acceptors (Lipinski definition) is 14. The van der Waals surface area contributed by atoms with E-state index in [1.807, 2.05) is 0 Å². The number of β-lactam (4-membered cyclic amide) rings is 1. The molecule has 7 N–H and O–H groups in total. The SMILES string of the molecule is CC(C)(O/N=C(\C(=O)NC1C(=O)N2C(C(=O)O)=C(CN3C(=O)c4ccc(O)c(O)c4C3=O)CS[C@@H]12)c1csc(N)n1)C(=O)O. The van der Waals surface area contributed by atoms with Crippen molar-refractivity contribution in [2.24, 2.45) is 5.16 Å². The third-order valence-electron chi connectivity index (χ3n) is 6.84. The van der Waals surface area contributed by atoms with Crippen LogP contribution in [0.15, 0.2) is 33.9 Å². The molecule has 4 heterocycles. The van der Waals surface area contributed by atoms with E-state index in [9.17, 15) is 49.2 Å². The number of carboxylic acid groups (broad SMARTS) is 2. The van der Waals surface area contributed by atoms with E-state index < -0.39 is 87.6 Å². The number of carbonyl (C=O) groups excluding carboxylic acids is 4. The number of imide groups is 1. The molecule has 0 spiro atoms. The average molecular weight is 647 g/mol. The fraction of sp³-hybridized carbons (Fsp3) is 0.280. The molecule has 3 aliphatic heterocycles. The van der Waals surface area contributed by atoms with Gasteiger partial charge in [0.15, 0.2) is 22.3 Å². The number of rotatable bonds is 9. The summed E-state index contributed by atoms with van der Waals surface area (Å²) >= 11 is 2.02. The first kappa shape index (κ1) is 30.3. The second-order valence-electron chi connectivity index (χ2n) is 10.1. The quantitative estimate of drug-likeness (QED) is 0.0675. The van der Waals surface area contributed by atoms with Gasteiger partial charge in [-0.25, -0.2) is 14.6 Å². The van der Waals surface area contributed by atoms with E-state index in [2.05, 4.69) is 15.5 Å². The second-order valence-corrected chi connectivity index (χ2v) is 12.1. The van der Waals surface area contributed by atoms with Gasteiger partial charge in [0.05, 0.1) is 17.7 Å². The highest BCUT2D eigenvalue weighted by Gasteiger charge is 2.55. The molecule has 5 rings (SSSR count). The summed E-state index contributed by atoms with van der Waals surface area (Å²) in [6.07, 6.45) is 0. The molecule has 44 heavy (non-hydrogen) atoms. The first-order valence-electron chi connectivity index (χ1n) is 12.5. The Morgan fingerprint density at radius 3 is 2.50 bits per heavy atom. The molecule has 4 amide bonds. The van der Waals surface area contributed by atoms with Crippen molar-refractivity contribution in [1.82, 2.24) is 20.1 Å². The van der Waals surface area contributed by atoms with Crippen LogP contribution >= 0.6 is 23.1 Å². The number of benzene rings is 1. The minimum absolute atomic E-state index is 0.0413. The number of thiazole rings is 1. The molecule has 3 aliphatic rings. The Balaban J connectivity index is 1.37. The van der Waals surface area contributed by atoms with Gasteiger partial charge >= 0.3 is 11.9 Å². The number of aliphatic carboxylic acids is 2. The number of fused-ring (bicyclic) bond motifs is 2. The average Bonchev–Trinajstić information content (AvgIpc) is 3.49. The molecule has 2 aromatic rings. The lowest BCUT2D eigenvalue weighted by atomic mass is 10.0. The van der Waals surface area contributed by atoms with Crippen LogP contribution in [-0.2, 0) is 24.0 Å². The molecular formula is C25H22N6O11S2. The van der Waals surface area contributed by atoms with Gasteiger partial charge in [-0.3, -0.25) is 29.0 Å². The zero-order chi connectivity index (χ0) is 32.2. The summed E-state index contributed by atoms with van der Waals surface area (Å²) in [4.78, 5) is 86.6. The van der Waals surface area contributed by atoms with Crippen LogP contribution in [0.4, 0.5) is 5.13 Å². The van der Waals surface area contributed by atoms with Gasteiger partial charge in [-0.2, -0.15) is 0 Å². The van der Waals surface area contributed by atoms with Crippen LogP contribution < -0.4 is 11.1 Å². The lowest BCUT2D eigenvalue weighted by molar-refractivity contribution is -0.161. The largest absolute Gasteiger partial charge is 0.504 e. The number of carboxylic acids is 2. The highest BCUT2D eigenvalue weighted by molar-refractivity contribution is 8.00. The van der Waals surface area contributed by atoms with Crippen molar-refractivity contribution >= 4 is 69.5 Å². The molecular weight excluding hydrogens is 624 g/mol. The second kappa shape index (κ2) is 10.8. The fourth-order valence-electron chi connectivity index (χ4n) is 4.50. The predicted molar refractivity (Wildman–Crippen MR) is 151 cm³/mol. The van der Waals surface area contributed by atoms with Crippen molar-refractivity contribution in [3.63, 3.8) is 0 Å². The van der Waals surface area contributed by atoms with Gasteiger partial charge in [0, 0.05) is 11.1 Å². The number of aromatic nitrogens is 1. The lowest BCUT2D eigenvalue weighted by Crippen LogP contribution is -2.71. The maximum absolute atomic E-state index is 13.2. The summed E-state index contributed by atoms with van der Waals surface area (Å²) in [6.45, 7) is 1.87. The summed E-state index contributed by atoms with van der Waals surface area (Å²) in [5, 5.41) is 45.8. The Bertz CT molecular complexity index is 1730. The zero-order valence-electron chi connectivity index (χ0n) is 22.6. The van der Waals surface area contributed by atoms with Crippen LogP contribution in [0.1, 0.15) is 40.3 Å². The van der Waals surface area contributed by atoms with Gasteiger partial charge in [0.2, 0.25) is 5.60 Å². The van der Waals surface area contributed by atoms with E-state index in [1.54, 1.807) is 0 Å². The molecule has 0 aliphatic carbocycles. The number of amides is 4. The number of anilines is 1. The summed E-state index contributed by atoms with van der Waals surface area (Å²) in [7, 11) is 0. The van der Waals surface area contributed by atoms with Crippen molar-refractivity contribution in [2.45, 2.75) is 30.9 Å².